The second-order valence-corrected chi connectivity index (χ2v) is 4.96. The first kappa shape index (κ1) is 16.1. The molecule has 2 rings (SSSR count). The third-order valence-corrected chi connectivity index (χ3v) is 3.47. The number of nitrogens with zero attached hydrogens (tertiary/aromatic N) is 3. The third-order valence-electron chi connectivity index (χ3n) is 3.47. The molecule has 0 radical (unpaired) electrons. The van der Waals surface area contributed by atoms with Crippen molar-refractivity contribution < 1.29 is 23.2 Å². The summed E-state index contributed by atoms with van der Waals surface area (Å²) in [6.07, 6.45) is -3.68. The number of pyridine rings is 1. The lowest BCUT2D eigenvalue weighted by atomic mass is 9.82. The molecule has 0 spiro atoms. The largest absolute Gasteiger partial charge is 0.490 e. The Morgan fingerprint density at radius 2 is 1.81 bits per heavy atom. The van der Waals surface area contributed by atoms with Crippen LogP contribution < -0.4 is 10.4 Å². The molecule has 1 atom stereocenters. The Labute approximate surface area is 121 Å². The highest BCUT2D eigenvalue weighted by atomic mass is 19.3. The number of piperazine rings is 1. The molecule has 0 bridgehead atoms. The number of anilines is 1. The van der Waals surface area contributed by atoms with Gasteiger partial charge in [-0.1, -0.05) is 6.07 Å². The molecule has 1 unspecified atom stereocenters. The fraction of sp³-hybridized carbons (Fsp3) is 0.583. The van der Waals surface area contributed by atoms with Crippen LogP contribution in [-0.2, 0) is 0 Å². The van der Waals surface area contributed by atoms with Crippen LogP contribution in [0.3, 0.4) is 0 Å². The minimum Gasteiger partial charge on any atom is -0.423 e. The summed E-state index contributed by atoms with van der Waals surface area (Å²) in [5.41, 5.74) is 0.301. The molecule has 9 heteroatoms. The second kappa shape index (κ2) is 7.10. The van der Waals surface area contributed by atoms with E-state index < -0.39 is 19.7 Å². The van der Waals surface area contributed by atoms with Crippen molar-refractivity contribution in [2.24, 2.45) is 0 Å². The van der Waals surface area contributed by atoms with E-state index >= 15 is 0 Å². The van der Waals surface area contributed by atoms with Gasteiger partial charge < -0.3 is 14.9 Å². The van der Waals surface area contributed by atoms with Gasteiger partial charge in [0.25, 0.3) is 6.43 Å². The second-order valence-electron chi connectivity index (χ2n) is 4.96. The molecule has 0 amide bonds. The standard InChI is InChI=1S/C12H17BF3N3O2/c14-10(12(15)16)8-18-3-5-19(6-4-18)11-2-1-9(7-17-11)13(20)21/h1-2,7,10,12,20-21H,3-6,8H2. The summed E-state index contributed by atoms with van der Waals surface area (Å²) >= 11 is 0. The third kappa shape index (κ3) is 4.32. The quantitative estimate of drug-likeness (QED) is 0.717. The fourth-order valence-electron chi connectivity index (χ4n) is 2.22. The van der Waals surface area contributed by atoms with E-state index in [0.717, 1.165) is 0 Å². The van der Waals surface area contributed by atoms with Gasteiger partial charge in [-0.25, -0.2) is 18.2 Å². The molecule has 116 valence electrons. The molecule has 1 aliphatic heterocycles. The van der Waals surface area contributed by atoms with Crippen LogP contribution in [0.5, 0.6) is 0 Å². The van der Waals surface area contributed by atoms with Gasteiger partial charge in [0, 0.05) is 44.4 Å². The summed E-state index contributed by atoms with van der Waals surface area (Å²) < 4.78 is 37.3. The Balaban J connectivity index is 1.86. The molecule has 0 saturated carbocycles. The summed E-state index contributed by atoms with van der Waals surface area (Å²) in [5.74, 6) is 0.671. The lowest BCUT2D eigenvalue weighted by Gasteiger charge is -2.35. The zero-order valence-electron chi connectivity index (χ0n) is 11.4. The smallest absolute Gasteiger partial charge is 0.423 e. The van der Waals surface area contributed by atoms with Gasteiger partial charge >= 0.3 is 7.12 Å². The van der Waals surface area contributed by atoms with Crippen molar-refractivity contribution in [2.75, 3.05) is 37.6 Å². The number of halogens is 3. The molecule has 21 heavy (non-hydrogen) atoms. The van der Waals surface area contributed by atoms with Gasteiger partial charge in [0.05, 0.1) is 0 Å². The Morgan fingerprint density at radius 3 is 2.29 bits per heavy atom. The number of alkyl halides is 3. The van der Waals surface area contributed by atoms with Gasteiger partial charge in [0.2, 0.25) is 0 Å². The predicted octanol–water partition coefficient (Wildman–Crippen LogP) is -0.513. The van der Waals surface area contributed by atoms with Gasteiger partial charge in [-0.2, -0.15) is 0 Å². The lowest BCUT2D eigenvalue weighted by molar-refractivity contribution is 0.0266. The minimum absolute atomic E-state index is 0.255. The van der Waals surface area contributed by atoms with Gasteiger partial charge in [-0.05, 0) is 6.07 Å². The van der Waals surface area contributed by atoms with Crippen molar-refractivity contribution >= 4 is 18.4 Å². The van der Waals surface area contributed by atoms with Crippen LogP contribution in [0.1, 0.15) is 0 Å². The molecule has 2 heterocycles. The Kier molecular flexibility index (Phi) is 5.43. The van der Waals surface area contributed by atoms with Crippen LogP contribution in [0.2, 0.25) is 0 Å². The van der Waals surface area contributed by atoms with Gasteiger partial charge in [0.1, 0.15) is 5.82 Å². The summed E-state index contributed by atoms with van der Waals surface area (Å²) in [4.78, 5) is 7.74. The monoisotopic (exact) mass is 303 g/mol. The average Bonchev–Trinajstić information content (AvgIpc) is 2.48. The van der Waals surface area contributed by atoms with E-state index in [1.54, 1.807) is 17.0 Å². The molecule has 1 aromatic heterocycles. The normalized spacial score (nSPS) is 18.1. The highest BCUT2D eigenvalue weighted by molar-refractivity contribution is 6.58. The van der Waals surface area contributed by atoms with Crippen LogP contribution >= 0.6 is 0 Å². The summed E-state index contributed by atoms with van der Waals surface area (Å²) in [5, 5.41) is 18.0. The van der Waals surface area contributed by atoms with Crippen LogP contribution in [-0.4, -0.2) is 72.4 Å². The number of hydrogen-bond acceptors (Lipinski definition) is 5. The maximum absolute atomic E-state index is 13.0. The van der Waals surface area contributed by atoms with Crippen molar-refractivity contribution in [3.05, 3.63) is 18.3 Å². The molecule has 0 aromatic carbocycles. The molecule has 1 fully saturated rings. The van der Waals surface area contributed by atoms with Gasteiger partial charge in [-0.3, -0.25) is 4.90 Å². The average molecular weight is 303 g/mol. The Bertz CT molecular complexity index is 442. The molecular formula is C12H17BF3N3O2. The van der Waals surface area contributed by atoms with Crippen molar-refractivity contribution in [1.29, 1.82) is 0 Å². The van der Waals surface area contributed by atoms with Crippen LogP contribution in [0.25, 0.3) is 0 Å². The van der Waals surface area contributed by atoms with Gasteiger partial charge in [-0.15, -0.1) is 0 Å². The first-order valence-corrected chi connectivity index (χ1v) is 6.69. The molecule has 0 aliphatic carbocycles. The van der Waals surface area contributed by atoms with Crippen LogP contribution in [0, 0.1) is 0 Å². The van der Waals surface area contributed by atoms with Crippen molar-refractivity contribution in [3.63, 3.8) is 0 Å². The highest BCUT2D eigenvalue weighted by Crippen LogP contribution is 2.14. The molecular weight excluding hydrogens is 286 g/mol. The van der Waals surface area contributed by atoms with Gasteiger partial charge in [0.15, 0.2) is 6.17 Å². The summed E-state index contributed by atoms with van der Waals surface area (Å²) in [6.45, 7) is 1.83. The van der Waals surface area contributed by atoms with Crippen molar-refractivity contribution in [3.8, 4) is 0 Å². The first-order chi connectivity index (χ1) is 9.97. The number of aromatic nitrogens is 1. The predicted molar refractivity (Wildman–Crippen MR) is 73.6 cm³/mol. The fourth-order valence-corrected chi connectivity index (χ4v) is 2.22. The first-order valence-electron chi connectivity index (χ1n) is 6.69. The molecule has 5 nitrogen and oxygen atoms in total. The summed E-state index contributed by atoms with van der Waals surface area (Å²) in [6, 6.07) is 3.23. The zero-order chi connectivity index (χ0) is 15.4. The van der Waals surface area contributed by atoms with E-state index in [1.165, 1.54) is 6.20 Å². The SMILES string of the molecule is OB(O)c1ccc(N2CCN(CC(F)C(F)F)CC2)nc1. The van der Waals surface area contributed by atoms with E-state index in [4.69, 9.17) is 10.0 Å². The maximum atomic E-state index is 13.0. The van der Waals surface area contributed by atoms with Crippen molar-refractivity contribution in [1.82, 2.24) is 9.88 Å². The van der Waals surface area contributed by atoms with Crippen LogP contribution in [0.15, 0.2) is 18.3 Å². The van der Waals surface area contributed by atoms with E-state index in [9.17, 15) is 13.2 Å². The Morgan fingerprint density at radius 1 is 1.14 bits per heavy atom. The Hall–Kier alpha value is -1.32. The van der Waals surface area contributed by atoms with E-state index in [-0.39, 0.29) is 6.54 Å². The number of rotatable bonds is 5. The minimum atomic E-state index is -2.94. The highest BCUT2D eigenvalue weighted by Gasteiger charge is 2.25. The molecule has 1 aromatic rings. The topological polar surface area (TPSA) is 59.8 Å². The summed E-state index contributed by atoms with van der Waals surface area (Å²) in [7, 11) is -1.56. The van der Waals surface area contributed by atoms with Crippen molar-refractivity contribution in [2.45, 2.75) is 12.6 Å². The zero-order valence-corrected chi connectivity index (χ0v) is 11.4. The molecule has 2 N–H and O–H groups in total. The molecule has 1 aliphatic rings. The maximum Gasteiger partial charge on any atom is 0.490 e. The van der Waals surface area contributed by atoms with E-state index in [0.29, 0.717) is 37.5 Å². The number of hydrogen-bond donors (Lipinski definition) is 2. The van der Waals surface area contributed by atoms with E-state index in [1.807, 2.05) is 4.90 Å². The van der Waals surface area contributed by atoms with E-state index in [2.05, 4.69) is 4.98 Å². The molecule has 1 saturated heterocycles. The van der Waals surface area contributed by atoms with Crippen LogP contribution in [0.4, 0.5) is 19.0 Å². The lowest BCUT2D eigenvalue weighted by Crippen LogP contribution is -2.49.